The lowest BCUT2D eigenvalue weighted by atomic mass is 10.0. The maximum atomic E-state index is 12.5. The Morgan fingerprint density at radius 2 is 2.30 bits per heavy atom. The van der Waals surface area contributed by atoms with Crippen LogP contribution in [-0.4, -0.2) is 47.6 Å². The van der Waals surface area contributed by atoms with Gasteiger partial charge in [0.05, 0.1) is 30.6 Å². The molecule has 110 valence electrons. The summed E-state index contributed by atoms with van der Waals surface area (Å²) in [7, 11) is 0. The van der Waals surface area contributed by atoms with Crippen molar-refractivity contribution in [1.29, 1.82) is 0 Å². The molecule has 1 fully saturated rings. The number of amides is 1. The molecular weight excluding hydrogens is 254 g/mol. The Morgan fingerprint density at radius 1 is 1.50 bits per heavy atom. The third-order valence-corrected chi connectivity index (χ3v) is 3.45. The fourth-order valence-corrected chi connectivity index (χ4v) is 2.27. The van der Waals surface area contributed by atoms with E-state index in [1.54, 1.807) is 12.3 Å². The molecule has 0 spiro atoms. The van der Waals surface area contributed by atoms with E-state index < -0.39 is 0 Å². The van der Waals surface area contributed by atoms with Crippen LogP contribution in [0.25, 0.3) is 0 Å². The van der Waals surface area contributed by atoms with Crippen LogP contribution < -0.4 is 5.32 Å². The second-order valence-electron chi connectivity index (χ2n) is 5.68. The van der Waals surface area contributed by atoms with Crippen LogP contribution >= 0.6 is 0 Å². The number of ether oxygens (including phenoxy) is 1. The molecule has 0 bridgehead atoms. The predicted molar refractivity (Wildman–Crippen MR) is 79.0 cm³/mol. The number of carbonyl (C=O) groups is 1. The first kappa shape index (κ1) is 14.8. The number of morpholine rings is 1. The first-order chi connectivity index (χ1) is 9.54. The minimum Gasteiger partial charge on any atom is -0.384 e. The number of carbonyl (C=O) groups excluding carboxylic acids is 1. The molecule has 1 aromatic heterocycles. The summed E-state index contributed by atoms with van der Waals surface area (Å²) >= 11 is 0. The molecule has 2 rings (SSSR count). The average molecular weight is 277 g/mol. The highest BCUT2D eigenvalue weighted by Gasteiger charge is 2.34. The Hall–Kier alpha value is -1.62. The molecule has 2 heterocycles. The third kappa shape index (κ3) is 3.28. The number of hydrogen-bond acceptors (Lipinski definition) is 4. The highest BCUT2D eigenvalue weighted by Crippen LogP contribution is 2.21. The standard InChI is InChI=1S/C15H23N3O2/c1-4-7-16-12-5-6-13(17-10-12)14(19)18-8-9-20-11-15(18,2)3/h5-6,10,16H,4,7-9,11H2,1-3H3. The molecule has 5 nitrogen and oxygen atoms in total. The largest absolute Gasteiger partial charge is 0.384 e. The fourth-order valence-electron chi connectivity index (χ4n) is 2.27. The van der Waals surface area contributed by atoms with Gasteiger partial charge in [0.1, 0.15) is 5.69 Å². The summed E-state index contributed by atoms with van der Waals surface area (Å²) < 4.78 is 5.44. The lowest BCUT2D eigenvalue weighted by molar-refractivity contribution is -0.0373. The summed E-state index contributed by atoms with van der Waals surface area (Å²) in [6.45, 7) is 8.82. The van der Waals surface area contributed by atoms with E-state index in [0.29, 0.717) is 25.5 Å². The van der Waals surface area contributed by atoms with Gasteiger partial charge in [-0.15, -0.1) is 0 Å². The van der Waals surface area contributed by atoms with Crippen molar-refractivity contribution in [2.24, 2.45) is 0 Å². The average Bonchev–Trinajstić information content (AvgIpc) is 2.44. The summed E-state index contributed by atoms with van der Waals surface area (Å²) in [6.07, 6.45) is 2.78. The molecular formula is C15H23N3O2. The van der Waals surface area contributed by atoms with Gasteiger partial charge >= 0.3 is 0 Å². The fraction of sp³-hybridized carbons (Fsp3) is 0.600. The van der Waals surface area contributed by atoms with Crippen molar-refractivity contribution in [3.63, 3.8) is 0 Å². The summed E-state index contributed by atoms with van der Waals surface area (Å²) in [4.78, 5) is 18.7. The Bertz CT molecular complexity index is 457. The zero-order valence-electron chi connectivity index (χ0n) is 12.5. The highest BCUT2D eigenvalue weighted by atomic mass is 16.5. The van der Waals surface area contributed by atoms with Crippen LogP contribution in [0.5, 0.6) is 0 Å². The van der Waals surface area contributed by atoms with Gasteiger partial charge in [-0.25, -0.2) is 4.98 Å². The summed E-state index contributed by atoms with van der Waals surface area (Å²) in [6, 6.07) is 3.69. The molecule has 0 aromatic carbocycles. The molecule has 1 amide bonds. The van der Waals surface area contributed by atoms with E-state index in [2.05, 4.69) is 17.2 Å². The minimum absolute atomic E-state index is 0.0275. The van der Waals surface area contributed by atoms with Crippen LogP contribution in [0.2, 0.25) is 0 Å². The molecule has 0 aliphatic carbocycles. The Balaban J connectivity index is 2.08. The molecule has 1 aromatic rings. The molecule has 1 aliphatic heterocycles. The number of nitrogens with one attached hydrogen (secondary N) is 1. The van der Waals surface area contributed by atoms with E-state index in [1.165, 1.54) is 0 Å². The van der Waals surface area contributed by atoms with E-state index in [-0.39, 0.29) is 11.4 Å². The molecule has 0 saturated carbocycles. The number of hydrogen-bond donors (Lipinski definition) is 1. The van der Waals surface area contributed by atoms with Gasteiger partial charge in [-0.1, -0.05) is 6.92 Å². The zero-order chi connectivity index (χ0) is 14.6. The van der Waals surface area contributed by atoms with Crippen LogP contribution in [0.3, 0.4) is 0 Å². The number of aromatic nitrogens is 1. The van der Waals surface area contributed by atoms with E-state index >= 15 is 0 Å². The number of pyridine rings is 1. The van der Waals surface area contributed by atoms with Crippen LogP contribution in [0.4, 0.5) is 5.69 Å². The van der Waals surface area contributed by atoms with Gasteiger partial charge in [-0.05, 0) is 32.4 Å². The second kappa shape index (κ2) is 6.22. The molecule has 1 saturated heterocycles. The lowest BCUT2D eigenvalue weighted by Crippen LogP contribution is -2.55. The Kier molecular flexibility index (Phi) is 4.60. The summed E-state index contributed by atoms with van der Waals surface area (Å²) in [5.41, 5.74) is 1.16. The smallest absolute Gasteiger partial charge is 0.273 e. The van der Waals surface area contributed by atoms with Crippen LogP contribution in [0.15, 0.2) is 18.3 Å². The normalized spacial score (nSPS) is 17.9. The monoisotopic (exact) mass is 277 g/mol. The number of anilines is 1. The quantitative estimate of drug-likeness (QED) is 0.916. The Labute approximate surface area is 120 Å². The predicted octanol–water partition coefficient (Wildman–Crippen LogP) is 2.15. The molecule has 20 heavy (non-hydrogen) atoms. The van der Waals surface area contributed by atoms with Gasteiger partial charge in [0, 0.05) is 13.1 Å². The molecule has 1 aliphatic rings. The van der Waals surface area contributed by atoms with Gasteiger partial charge in [0.15, 0.2) is 0 Å². The van der Waals surface area contributed by atoms with Crippen molar-refractivity contribution in [3.8, 4) is 0 Å². The van der Waals surface area contributed by atoms with Crippen molar-refractivity contribution in [3.05, 3.63) is 24.0 Å². The van der Waals surface area contributed by atoms with Crippen molar-refractivity contribution in [2.45, 2.75) is 32.7 Å². The van der Waals surface area contributed by atoms with Gasteiger partial charge in [0.25, 0.3) is 5.91 Å². The molecule has 0 unspecified atom stereocenters. The number of nitrogens with zero attached hydrogens (tertiary/aromatic N) is 2. The van der Waals surface area contributed by atoms with Gasteiger partial charge in [-0.3, -0.25) is 4.79 Å². The van der Waals surface area contributed by atoms with Crippen molar-refractivity contribution < 1.29 is 9.53 Å². The molecule has 0 atom stereocenters. The molecule has 1 N–H and O–H groups in total. The zero-order valence-corrected chi connectivity index (χ0v) is 12.5. The maximum Gasteiger partial charge on any atom is 0.273 e. The first-order valence-electron chi connectivity index (χ1n) is 7.14. The SMILES string of the molecule is CCCNc1ccc(C(=O)N2CCOCC2(C)C)nc1. The number of rotatable bonds is 4. The van der Waals surface area contributed by atoms with Crippen molar-refractivity contribution in [1.82, 2.24) is 9.88 Å². The van der Waals surface area contributed by atoms with Gasteiger partial charge in [0.2, 0.25) is 0 Å². The Morgan fingerprint density at radius 3 is 2.90 bits per heavy atom. The maximum absolute atomic E-state index is 12.5. The van der Waals surface area contributed by atoms with Crippen LogP contribution in [-0.2, 0) is 4.74 Å². The van der Waals surface area contributed by atoms with E-state index in [0.717, 1.165) is 18.7 Å². The topological polar surface area (TPSA) is 54.5 Å². The summed E-state index contributed by atoms with van der Waals surface area (Å²) in [5, 5.41) is 3.25. The van der Waals surface area contributed by atoms with Crippen LogP contribution in [0, 0.1) is 0 Å². The van der Waals surface area contributed by atoms with Crippen molar-refractivity contribution >= 4 is 11.6 Å². The molecule has 5 heteroatoms. The second-order valence-corrected chi connectivity index (χ2v) is 5.68. The van der Waals surface area contributed by atoms with Crippen LogP contribution in [0.1, 0.15) is 37.7 Å². The van der Waals surface area contributed by atoms with E-state index in [1.807, 2.05) is 24.8 Å². The van der Waals surface area contributed by atoms with E-state index in [9.17, 15) is 4.79 Å². The molecule has 0 radical (unpaired) electrons. The van der Waals surface area contributed by atoms with E-state index in [4.69, 9.17) is 4.74 Å². The van der Waals surface area contributed by atoms with Crippen molar-refractivity contribution in [2.75, 3.05) is 31.6 Å². The summed E-state index contributed by atoms with van der Waals surface area (Å²) in [5.74, 6) is -0.0275. The van der Waals surface area contributed by atoms with Gasteiger partial charge < -0.3 is 15.0 Å². The third-order valence-electron chi connectivity index (χ3n) is 3.45. The van der Waals surface area contributed by atoms with Gasteiger partial charge in [-0.2, -0.15) is 0 Å². The minimum atomic E-state index is -0.282. The lowest BCUT2D eigenvalue weighted by Gasteiger charge is -2.41. The first-order valence-corrected chi connectivity index (χ1v) is 7.14. The highest BCUT2D eigenvalue weighted by molar-refractivity contribution is 5.93.